The van der Waals surface area contributed by atoms with Crippen LogP contribution in [0.2, 0.25) is 0 Å². The number of carbonyl (C=O) groups excluding carboxylic acids is 1. The highest BCUT2D eigenvalue weighted by Gasteiger charge is 2.12. The first kappa shape index (κ1) is 12.1. The van der Waals surface area contributed by atoms with Crippen molar-refractivity contribution in [2.75, 3.05) is 10.6 Å². The molecule has 1 aromatic rings. The average Bonchev–Trinajstić information content (AvgIpc) is 2.20. The summed E-state index contributed by atoms with van der Waals surface area (Å²) in [4.78, 5) is 10.8. The van der Waals surface area contributed by atoms with E-state index in [1.165, 1.54) is 6.92 Å². The highest BCUT2D eigenvalue weighted by molar-refractivity contribution is 5.88. The highest BCUT2D eigenvalue weighted by Crippen LogP contribution is 2.17. The van der Waals surface area contributed by atoms with Gasteiger partial charge in [-0.2, -0.15) is 0 Å². The lowest BCUT2D eigenvalue weighted by Crippen LogP contribution is -2.28. The predicted octanol–water partition coefficient (Wildman–Crippen LogP) is 2.47. The first-order chi connectivity index (χ1) is 7.43. The lowest BCUT2D eigenvalue weighted by molar-refractivity contribution is -0.114. The summed E-state index contributed by atoms with van der Waals surface area (Å²) in [6.45, 7) is 5.33. The second-order valence-corrected chi connectivity index (χ2v) is 4.15. The van der Waals surface area contributed by atoms with Crippen molar-refractivity contribution in [2.45, 2.75) is 26.3 Å². The Morgan fingerprint density at radius 3 is 2.19 bits per heavy atom. The van der Waals surface area contributed by atoms with Crippen LogP contribution in [-0.2, 0) is 4.79 Å². The van der Waals surface area contributed by atoms with E-state index in [9.17, 15) is 4.79 Å². The van der Waals surface area contributed by atoms with Crippen molar-refractivity contribution in [3.63, 3.8) is 0 Å². The van der Waals surface area contributed by atoms with Gasteiger partial charge in [0.1, 0.15) is 0 Å². The van der Waals surface area contributed by atoms with Crippen molar-refractivity contribution in [2.24, 2.45) is 0 Å². The molecule has 0 saturated heterocycles. The minimum Gasteiger partial charge on any atom is -0.370 e. The number of rotatable bonds is 3. The largest absolute Gasteiger partial charge is 0.370 e. The first-order valence-corrected chi connectivity index (χ1v) is 5.06. The zero-order valence-corrected chi connectivity index (χ0v) is 9.79. The van der Waals surface area contributed by atoms with Gasteiger partial charge < -0.3 is 10.6 Å². The molecule has 1 aromatic carbocycles. The molecule has 0 atom stereocenters. The van der Waals surface area contributed by atoms with E-state index in [0.29, 0.717) is 0 Å². The van der Waals surface area contributed by atoms with E-state index >= 15 is 0 Å². The number of terminal acetylenes is 1. The van der Waals surface area contributed by atoms with Crippen molar-refractivity contribution < 1.29 is 4.79 Å². The monoisotopic (exact) mass is 216 g/mol. The van der Waals surface area contributed by atoms with Crippen LogP contribution in [0.4, 0.5) is 11.4 Å². The summed E-state index contributed by atoms with van der Waals surface area (Å²) in [5.41, 5.74) is 1.32. The fourth-order valence-electron chi connectivity index (χ4n) is 1.24. The number of hydrogen-bond donors (Lipinski definition) is 2. The minimum absolute atomic E-state index is 0.0790. The first-order valence-electron chi connectivity index (χ1n) is 5.06. The molecule has 1 amide bonds. The van der Waals surface area contributed by atoms with E-state index in [1.807, 2.05) is 38.1 Å². The maximum Gasteiger partial charge on any atom is 0.221 e. The number of carbonyl (C=O) groups is 1. The molecule has 0 fully saturated rings. The molecule has 16 heavy (non-hydrogen) atoms. The standard InChI is InChI=1S/C13H16N2O/c1-5-13(3,4)15-12-8-6-11(7-9-12)14-10(2)16/h1,6-9,15H,2-4H3,(H,14,16). The number of hydrogen-bond acceptors (Lipinski definition) is 2. The molecular formula is C13H16N2O. The Hall–Kier alpha value is -1.95. The molecule has 0 heterocycles. The number of benzene rings is 1. The Kier molecular flexibility index (Phi) is 3.57. The van der Waals surface area contributed by atoms with Crippen LogP contribution < -0.4 is 10.6 Å². The maximum atomic E-state index is 10.8. The summed E-state index contributed by atoms with van der Waals surface area (Å²) in [5.74, 6) is 2.58. The van der Waals surface area contributed by atoms with E-state index in [2.05, 4.69) is 16.6 Å². The molecule has 0 aliphatic carbocycles. The Morgan fingerprint density at radius 1 is 1.25 bits per heavy atom. The van der Waals surface area contributed by atoms with Gasteiger partial charge in [0, 0.05) is 18.3 Å². The summed E-state index contributed by atoms with van der Waals surface area (Å²) in [6, 6.07) is 7.42. The normalized spacial score (nSPS) is 10.4. The smallest absolute Gasteiger partial charge is 0.221 e. The Bertz CT molecular complexity index is 413. The molecule has 84 valence electrons. The fourth-order valence-corrected chi connectivity index (χ4v) is 1.24. The third kappa shape index (κ3) is 3.66. The molecule has 0 aromatic heterocycles. The quantitative estimate of drug-likeness (QED) is 0.762. The zero-order valence-electron chi connectivity index (χ0n) is 9.79. The summed E-state index contributed by atoms with van der Waals surface area (Å²) in [5, 5.41) is 5.90. The third-order valence-corrected chi connectivity index (χ3v) is 2.02. The van der Waals surface area contributed by atoms with Gasteiger partial charge in [-0.15, -0.1) is 6.42 Å². The summed E-state index contributed by atoms with van der Waals surface area (Å²) in [6.07, 6.45) is 5.38. The van der Waals surface area contributed by atoms with Gasteiger partial charge in [0.25, 0.3) is 0 Å². The molecule has 0 spiro atoms. The Balaban J connectivity index is 2.73. The Labute approximate surface area is 96.2 Å². The predicted molar refractivity (Wildman–Crippen MR) is 67.3 cm³/mol. The molecule has 0 bridgehead atoms. The van der Waals surface area contributed by atoms with E-state index in [1.54, 1.807) is 0 Å². The molecule has 3 nitrogen and oxygen atoms in total. The lowest BCUT2D eigenvalue weighted by Gasteiger charge is -2.21. The van der Waals surface area contributed by atoms with Gasteiger partial charge in [-0.05, 0) is 38.1 Å². The number of nitrogens with one attached hydrogen (secondary N) is 2. The SMILES string of the molecule is C#CC(C)(C)Nc1ccc(NC(C)=O)cc1. The van der Waals surface area contributed by atoms with Crippen molar-refractivity contribution in [3.05, 3.63) is 24.3 Å². The maximum absolute atomic E-state index is 10.8. The third-order valence-electron chi connectivity index (χ3n) is 2.02. The molecule has 0 radical (unpaired) electrons. The molecule has 0 saturated carbocycles. The molecule has 3 heteroatoms. The van der Waals surface area contributed by atoms with Crippen LogP contribution in [-0.4, -0.2) is 11.4 Å². The van der Waals surface area contributed by atoms with E-state index in [0.717, 1.165) is 11.4 Å². The second-order valence-electron chi connectivity index (χ2n) is 4.15. The summed E-state index contributed by atoms with van der Waals surface area (Å²) in [7, 11) is 0. The van der Waals surface area contributed by atoms with Crippen LogP contribution in [0.5, 0.6) is 0 Å². The van der Waals surface area contributed by atoms with Crippen LogP contribution in [0, 0.1) is 12.3 Å². The number of amides is 1. The van der Waals surface area contributed by atoms with Crippen LogP contribution in [0.25, 0.3) is 0 Å². The summed E-state index contributed by atoms with van der Waals surface area (Å²) < 4.78 is 0. The molecule has 0 aliphatic rings. The van der Waals surface area contributed by atoms with Crippen LogP contribution in [0.15, 0.2) is 24.3 Å². The molecule has 0 unspecified atom stereocenters. The highest BCUT2D eigenvalue weighted by atomic mass is 16.1. The van der Waals surface area contributed by atoms with E-state index in [4.69, 9.17) is 6.42 Å². The van der Waals surface area contributed by atoms with Crippen molar-refractivity contribution in [3.8, 4) is 12.3 Å². The fraction of sp³-hybridized carbons (Fsp3) is 0.308. The molecule has 1 rings (SSSR count). The zero-order chi connectivity index (χ0) is 12.2. The van der Waals surface area contributed by atoms with E-state index in [-0.39, 0.29) is 11.4 Å². The van der Waals surface area contributed by atoms with Gasteiger partial charge in [0.2, 0.25) is 5.91 Å². The lowest BCUT2D eigenvalue weighted by atomic mass is 10.1. The average molecular weight is 216 g/mol. The van der Waals surface area contributed by atoms with Gasteiger partial charge in [-0.3, -0.25) is 4.79 Å². The van der Waals surface area contributed by atoms with Gasteiger partial charge in [-0.1, -0.05) is 5.92 Å². The molecular weight excluding hydrogens is 200 g/mol. The van der Waals surface area contributed by atoms with Crippen molar-refractivity contribution in [1.29, 1.82) is 0 Å². The second kappa shape index (κ2) is 4.71. The van der Waals surface area contributed by atoms with E-state index < -0.39 is 0 Å². The molecule has 0 aliphatic heterocycles. The van der Waals surface area contributed by atoms with Crippen molar-refractivity contribution >= 4 is 17.3 Å². The van der Waals surface area contributed by atoms with Gasteiger partial charge in [-0.25, -0.2) is 0 Å². The Morgan fingerprint density at radius 2 is 1.75 bits per heavy atom. The van der Waals surface area contributed by atoms with Crippen molar-refractivity contribution in [1.82, 2.24) is 0 Å². The van der Waals surface area contributed by atoms with Crippen LogP contribution in [0.1, 0.15) is 20.8 Å². The minimum atomic E-state index is -0.379. The summed E-state index contributed by atoms with van der Waals surface area (Å²) >= 11 is 0. The topological polar surface area (TPSA) is 41.1 Å². The number of anilines is 2. The van der Waals surface area contributed by atoms with Gasteiger partial charge in [0.05, 0.1) is 5.54 Å². The van der Waals surface area contributed by atoms with Crippen LogP contribution in [0.3, 0.4) is 0 Å². The molecule has 2 N–H and O–H groups in total. The van der Waals surface area contributed by atoms with Crippen LogP contribution >= 0.6 is 0 Å². The van der Waals surface area contributed by atoms with Gasteiger partial charge >= 0.3 is 0 Å². The van der Waals surface area contributed by atoms with Gasteiger partial charge in [0.15, 0.2) is 0 Å².